The van der Waals surface area contributed by atoms with Crippen LogP contribution in [0.4, 0.5) is 0 Å². The maximum atomic E-state index is 11.4. The van der Waals surface area contributed by atoms with Gasteiger partial charge in [0.15, 0.2) is 0 Å². The number of carbonyl (C=O) groups excluding carboxylic acids is 1. The Bertz CT molecular complexity index is 298. The van der Waals surface area contributed by atoms with E-state index in [0.29, 0.717) is 18.7 Å². The molecule has 1 rings (SSSR count). The van der Waals surface area contributed by atoms with Crippen LogP contribution < -0.4 is 11.1 Å². The Hall–Kier alpha value is -1.06. The summed E-state index contributed by atoms with van der Waals surface area (Å²) in [7, 11) is 0. The third-order valence-electron chi connectivity index (χ3n) is 1.99. The van der Waals surface area contributed by atoms with Crippen LogP contribution >= 0.6 is 12.4 Å². The molecule has 0 radical (unpaired) electrons. The zero-order valence-electron chi connectivity index (χ0n) is 8.82. The molecule has 0 atom stereocenters. The van der Waals surface area contributed by atoms with E-state index >= 15 is 0 Å². The lowest BCUT2D eigenvalue weighted by molar-refractivity contribution is 0.0956. The van der Waals surface area contributed by atoms with Crippen molar-refractivity contribution in [3.05, 3.63) is 35.4 Å². The Balaban J connectivity index is 0.00000196. The number of benzene rings is 1. The maximum Gasteiger partial charge on any atom is 0.251 e. The molecule has 0 aliphatic heterocycles. The van der Waals surface area contributed by atoms with Gasteiger partial charge < -0.3 is 11.1 Å². The molecule has 1 amide bonds. The fourth-order valence-corrected chi connectivity index (χ4v) is 1.25. The predicted octanol–water partition coefficient (Wildman–Crippen LogP) is 1.36. The number of halogens is 1. The zero-order chi connectivity index (χ0) is 10.4. The van der Waals surface area contributed by atoms with Gasteiger partial charge in [0.05, 0.1) is 0 Å². The Morgan fingerprint density at radius 1 is 1.33 bits per heavy atom. The SMILES string of the molecule is CCNC(=O)c1ccc(CCN)cc1.Cl. The first-order chi connectivity index (χ1) is 6.77. The van der Waals surface area contributed by atoms with Gasteiger partial charge in [0.2, 0.25) is 0 Å². The van der Waals surface area contributed by atoms with Crippen LogP contribution in [0.15, 0.2) is 24.3 Å². The number of amides is 1. The number of hydrogen-bond donors (Lipinski definition) is 2. The van der Waals surface area contributed by atoms with Crippen molar-refractivity contribution in [1.29, 1.82) is 0 Å². The topological polar surface area (TPSA) is 55.1 Å². The van der Waals surface area contributed by atoms with E-state index in [1.807, 2.05) is 31.2 Å². The second-order valence-corrected chi connectivity index (χ2v) is 3.10. The number of hydrogen-bond acceptors (Lipinski definition) is 2. The van der Waals surface area contributed by atoms with Gasteiger partial charge in [-0.3, -0.25) is 4.79 Å². The van der Waals surface area contributed by atoms with Gasteiger partial charge in [-0.2, -0.15) is 0 Å². The van der Waals surface area contributed by atoms with Gasteiger partial charge in [-0.1, -0.05) is 12.1 Å². The minimum absolute atomic E-state index is 0. The highest BCUT2D eigenvalue weighted by atomic mass is 35.5. The van der Waals surface area contributed by atoms with Crippen LogP contribution in [0.2, 0.25) is 0 Å². The van der Waals surface area contributed by atoms with Crippen LogP contribution in [-0.4, -0.2) is 19.0 Å². The number of carbonyl (C=O) groups is 1. The van der Waals surface area contributed by atoms with Crippen molar-refractivity contribution in [3.63, 3.8) is 0 Å². The molecule has 0 bridgehead atoms. The molecule has 0 aromatic heterocycles. The average Bonchev–Trinajstić information content (AvgIpc) is 2.20. The molecule has 0 saturated carbocycles. The van der Waals surface area contributed by atoms with Crippen LogP contribution in [0.1, 0.15) is 22.8 Å². The molecule has 4 heteroatoms. The maximum absolute atomic E-state index is 11.4. The first-order valence-corrected chi connectivity index (χ1v) is 4.85. The summed E-state index contributed by atoms with van der Waals surface area (Å²) in [6.45, 7) is 3.20. The van der Waals surface area contributed by atoms with Crippen molar-refractivity contribution < 1.29 is 4.79 Å². The van der Waals surface area contributed by atoms with Crippen LogP contribution in [0.25, 0.3) is 0 Å². The second-order valence-electron chi connectivity index (χ2n) is 3.10. The summed E-state index contributed by atoms with van der Waals surface area (Å²) >= 11 is 0. The summed E-state index contributed by atoms with van der Waals surface area (Å²) in [5.74, 6) is -0.0215. The predicted molar refractivity (Wildman–Crippen MR) is 64.5 cm³/mol. The third kappa shape index (κ3) is 4.32. The van der Waals surface area contributed by atoms with Gasteiger partial charge in [0, 0.05) is 12.1 Å². The molecule has 1 aromatic carbocycles. The molecule has 0 aliphatic carbocycles. The van der Waals surface area contributed by atoms with Crippen LogP contribution in [0.3, 0.4) is 0 Å². The number of nitrogens with two attached hydrogens (primary N) is 1. The first-order valence-electron chi connectivity index (χ1n) is 4.85. The number of rotatable bonds is 4. The highest BCUT2D eigenvalue weighted by Gasteiger charge is 2.02. The molecule has 0 aliphatic rings. The smallest absolute Gasteiger partial charge is 0.251 e. The van der Waals surface area contributed by atoms with E-state index in [1.165, 1.54) is 5.56 Å². The van der Waals surface area contributed by atoms with Gasteiger partial charge in [0.1, 0.15) is 0 Å². The van der Waals surface area contributed by atoms with Gasteiger partial charge >= 0.3 is 0 Å². The Kier molecular flexibility index (Phi) is 6.75. The van der Waals surface area contributed by atoms with Crippen molar-refractivity contribution >= 4 is 18.3 Å². The van der Waals surface area contributed by atoms with Gasteiger partial charge in [-0.25, -0.2) is 0 Å². The molecule has 0 heterocycles. The van der Waals surface area contributed by atoms with Gasteiger partial charge in [-0.05, 0) is 37.6 Å². The fraction of sp³-hybridized carbons (Fsp3) is 0.364. The molecule has 0 saturated heterocycles. The first kappa shape index (κ1) is 13.9. The summed E-state index contributed by atoms with van der Waals surface area (Å²) in [4.78, 5) is 11.4. The number of nitrogens with one attached hydrogen (secondary N) is 1. The van der Waals surface area contributed by atoms with Gasteiger partial charge in [-0.15, -0.1) is 12.4 Å². The molecule has 1 aromatic rings. The van der Waals surface area contributed by atoms with Crippen molar-refractivity contribution in [1.82, 2.24) is 5.32 Å². The molecule has 3 N–H and O–H groups in total. The highest BCUT2D eigenvalue weighted by molar-refractivity contribution is 5.94. The molecular formula is C11H17ClN2O. The van der Waals surface area contributed by atoms with Crippen LogP contribution in [-0.2, 0) is 6.42 Å². The van der Waals surface area contributed by atoms with E-state index in [0.717, 1.165) is 6.42 Å². The van der Waals surface area contributed by atoms with Crippen molar-refractivity contribution in [2.75, 3.05) is 13.1 Å². The summed E-state index contributed by atoms with van der Waals surface area (Å²) in [5.41, 5.74) is 7.30. The normalized spacial score (nSPS) is 9.20. The van der Waals surface area contributed by atoms with Crippen molar-refractivity contribution in [3.8, 4) is 0 Å². The van der Waals surface area contributed by atoms with E-state index in [4.69, 9.17) is 5.73 Å². The highest BCUT2D eigenvalue weighted by Crippen LogP contribution is 2.04. The minimum atomic E-state index is -0.0215. The zero-order valence-corrected chi connectivity index (χ0v) is 9.64. The van der Waals surface area contributed by atoms with E-state index in [2.05, 4.69) is 5.32 Å². The third-order valence-corrected chi connectivity index (χ3v) is 1.99. The lowest BCUT2D eigenvalue weighted by atomic mass is 10.1. The summed E-state index contributed by atoms with van der Waals surface area (Å²) in [6, 6.07) is 7.54. The lowest BCUT2D eigenvalue weighted by Crippen LogP contribution is -2.22. The van der Waals surface area contributed by atoms with Gasteiger partial charge in [0.25, 0.3) is 5.91 Å². The average molecular weight is 229 g/mol. The van der Waals surface area contributed by atoms with Crippen LogP contribution in [0.5, 0.6) is 0 Å². The second kappa shape index (κ2) is 7.26. The van der Waals surface area contributed by atoms with Crippen LogP contribution in [0, 0.1) is 0 Å². The lowest BCUT2D eigenvalue weighted by Gasteiger charge is -2.03. The molecule has 3 nitrogen and oxygen atoms in total. The minimum Gasteiger partial charge on any atom is -0.352 e. The molecule has 0 fully saturated rings. The van der Waals surface area contributed by atoms with E-state index in [1.54, 1.807) is 0 Å². The van der Waals surface area contributed by atoms with Crippen molar-refractivity contribution in [2.45, 2.75) is 13.3 Å². The summed E-state index contributed by atoms with van der Waals surface area (Å²) < 4.78 is 0. The van der Waals surface area contributed by atoms with E-state index < -0.39 is 0 Å². The monoisotopic (exact) mass is 228 g/mol. The standard InChI is InChI=1S/C11H16N2O.ClH/c1-2-13-11(14)10-5-3-9(4-6-10)7-8-12;/h3-6H,2,7-8,12H2,1H3,(H,13,14);1H. The molecule has 0 unspecified atom stereocenters. The Morgan fingerprint density at radius 3 is 2.40 bits per heavy atom. The van der Waals surface area contributed by atoms with Crippen molar-refractivity contribution in [2.24, 2.45) is 5.73 Å². The summed E-state index contributed by atoms with van der Waals surface area (Å²) in [5, 5.41) is 2.75. The molecule has 0 spiro atoms. The Morgan fingerprint density at radius 2 is 1.93 bits per heavy atom. The van der Waals surface area contributed by atoms with E-state index in [9.17, 15) is 4.79 Å². The quantitative estimate of drug-likeness (QED) is 0.818. The molecule has 84 valence electrons. The van der Waals surface area contributed by atoms with E-state index in [-0.39, 0.29) is 18.3 Å². The summed E-state index contributed by atoms with van der Waals surface area (Å²) in [6.07, 6.45) is 0.857. The fourth-order valence-electron chi connectivity index (χ4n) is 1.25. The Labute approximate surface area is 96.5 Å². The largest absolute Gasteiger partial charge is 0.352 e. The molecule has 15 heavy (non-hydrogen) atoms. The molecular weight excluding hydrogens is 212 g/mol.